The molecule has 0 fully saturated rings. The van der Waals surface area contributed by atoms with Crippen LogP contribution in [0.1, 0.15) is 16.7 Å². The zero-order chi connectivity index (χ0) is 22.6. The topological polar surface area (TPSA) is 69.2 Å². The smallest absolute Gasteiger partial charge is 0.141 e. The number of rotatable bonds is 8. The summed E-state index contributed by atoms with van der Waals surface area (Å²) in [5, 5.41) is 4.37. The molecule has 3 aromatic carbocycles. The van der Waals surface area contributed by atoms with Gasteiger partial charge in [-0.25, -0.2) is 15.0 Å². The van der Waals surface area contributed by atoms with Crippen LogP contribution in [-0.4, -0.2) is 35.3 Å². The lowest BCUT2D eigenvalue weighted by Crippen LogP contribution is -2.04. The maximum absolute atomic E-state index is 5.76. The Kier molecular flexibility index (Phi) is 6.15. The van der Waals surface area contributed by atoms with Crippen molar-refractivity contribution in [3.63, 3.8) is 0 Å². The molecule has 5 aromatic rings. The van der Waals surface area contributed by atoms with E-state index in [9.17, 15) is 0 Å². The highest BCUT2D eigenvalue weighted by Gasteiger charge is 2.09. The van der Waals surface area contributed by atoms with Gasteiger partial charge in [0.2, 0.25) is 0 Å². The molecule has 33 heavy (non-hydrogen) atoms. The number of aryl methyl sites for hydroxylation is 1. The largest absolute Gasteiger partial charge is 0.491 e. The third-order valence-electron chi connectivity index (χ3n) is 5.56. The first kappa shape index (κ1) is 21.3. The summed E-state index contributed by atoms with van der Waals surface area (Å²) >= 11 is 1.68. The summed E-state index contributed by atoms with van der Waals surface area (Å²) in [4.78, 5) is 13.2. The van der Waals surface area contributed by atoms with Crippen LogP contribution < -0.4 is 10.1 Å². The van der Waals surface area contributed by atoms with Gasteiger partial charge < -0.3 is 14.8 Å². The Bertz CT molecular complexity index is 1420. The van der Waals surface area contributed by atoms with E-state index in [4.69, 9.17) is 9.47 Å². The Balaban J connectivity index is 1.36. The fourth-order valence-electron chi connectivity index (χ4n) is 3.81. The summed E-state index contributed by atoms with van der Waals surface area (Å²) in [6, 6.07) is 18.7. The minimum atomic E-state index is 0.495. The Morgan fingerprint density at radius 1 is 0.909 bits per heavy atom. The van der Waals surface area contributed by atoms with E-state index >= 15 is 0 Å². The fourth-order valence-corrected chi connectivity index (χ4v) is 4.55. The number of nitrogens with zero attached hydrogens (tertiary/aromatic N) is 3. The maximum Gasteiger partial charge on any atom is 0.141 e. The molecule has 0 saturated heterocycles. The van der Waals surface area contributed by atoms with Gasteiger partial charge in [-0.15, -0.1) is 11.3 Å². The lowest BCUT2D eigenvalue weighted by Gasteiger charge is -2.13. The summed E-state index contributed by atoms with van der Waals surface area (Å²) in [6.45, 7) is 3.18. The van der Waals surface area contributed by atoms with Gasteiger partial charge >= 0.3 is 0 Å². The summed E-state index contributed by atoms with van der Waals surface area (Å²) in [6.07, 6.45) is 2.46. The molecule has 0 aliphatic carbocycles. The molecule has 0 aliphatic heterocycles. The van der Waals surface area contributed by atoms with Gasteiger partial charge in [0.05, 0.1) is 27.9 Å². The molecule has 0 aliphatic rings. The third-order valence-corrected chi connectivity index (χ3v) is 6.35. The molecule has 6 nitrogen and oxygen atoms in total. The third kappa shape index (κ3) is 4.79. The normalized spacial score (nSPS) is 11.2. The van der Waals surface area contributed by atoms with E-state index in [1.807, 2.05) is 23.7 Å². The monoisotopic (exact) mass is 456 g/mol. The number of anilines is 2. The Hall–Kier alpha value is -3.55. The highest BCUT2D eigenvalue weighted by Crippen LogP contribution is 2.28. The predicted octanol–water partition coefficient (Wildman–Crippen LogP) is 5.91. The first-order chi connectivity index (χ1) is 16.2. The van der Waals surface area contributed by atoms with Crippen LogP contribution in [0.15, 0.2) is 66.4 Å². The first-order valence-corrected chi connectivity index (χ1v) is 11.6. The number of nitrogens with one attached hydrogen (secondary N) is 1. The number of fused-ring (bicyclic) bond motifs is 2. The van der Waals surface area contributed by atoms with E-state index < -0.39 is 0 Å². The van der Waals surface area contributed by atoms with Crippen LogP contribution in [0.5, 0.6) is 5.75 Å². The number of benzene rings is 3. The van der Waals surface area contributed by atoms with Crippen molar-refractivity contribution >= 4 is 44.0 Å². The second kappa shape index (κ2) is 9.52. The Morgan fingerprint density at radius 3 is 2.70 bits per heavy atom. The van der Waals surface area contributed by atoms with Crippen LogP contribution in [0.3, 0.4) is 0 Å². The summed E-state index contributed by atoms with van der Waals surface area (Å²) in [7, 11) is 1.66. The zero-order valence-electron chi connectivity index (χ0n) is 18.5. The average Bonchev–Trinajstić information content (AvgIpc) is 3.29. The van der Waals surface area contributed by atoms with Crippen LogP contribution >= 0.6 is 11.3 Å². The van der Waals surface area contributed by atoms with Crippen molar-refractivity contribution in [2.75, 3.05) is 25.6 Å². The van der Waals surface area contributed by atoms with Crippen LogP contribution in [0, 0.1) is 6.92 Å². The van der Waals surface area contributed by atoms with Crippen molar-refractivity contribution in [2.45, 2.75) is 13.3 Å². The van der Waals surface area contributed by atoms with E-state index in [0.29, 0.717) is 13.2 Å². The average molecular weight is 457 g/mol. The second-order valence-electron chi connectivity index (χ2n) is 7.84. The van der Waals surface area contributed by atoms with Gasteiger partial charge in [-0.1, -0.05) is 12.1 Å². The van der Waals surface area contributed by atoms with Crippen molar-refractivity contribution in [3.8, 4) is 5.75 Å². The summed E-state index contributed by atoms with van der Waals surface area (Å²) in [5.74, 6) is 1.52. The van der Waals surface area contributed by atoms with Crippen molar-refractivity contribution in [1.29, 1.82) is 0 Å². The molecule has 2 heterocycles. The van der Waals surface area contributed by atoms with Crippen LogP contribution in [0.4, 0.5) is 11.5 Å². The minimum absolute atomic E-state index is 0.495. The first-order valence-electron chi connectivity index (χ1n) is 10.7. The molecule has 1 N–H and O–H groups in total. The molecule has 0 radical (unpaired) electrons. The molecule has 7 heteroatoms. The molecule has 0 spiro atoms. The fraction of sp³-hybridized carbons (Fsp3) is 0.192. The predicted molar refractivity (Wildman–Crippen MR) is 134 cm³/mol. The van der Waals surface area contributed by atoms with Gasteiger partial charge in [0, 0.05) is 18.2 Å². The van der Waals surface area contributed by atoms with Crippen molar-refractivity contribution in [3.05, 3.63) is 83.1 Å². The van der Waals surface area contributed by atoms with Gasteiger partial charge in [0.25, 0.3) is 0 Å². The second-order valence-corrected chi connectivity index (χ2v) is 8.73. The van der Waals surface area contributed by atoms with Crippen molar-refractivity contribution in [2.24, 2.45) is 0 Å². The zero-order valence-corrected chi connectivity index (χ0v) is 19.4. The highest BCUT2D eigenvalue weighted by molar-refractivity contribution is 7.16. The summed E-state index contributed by atoms with van der Waals surface area (Å²) < 4.78 is 12.1. The molecule has 0 unspecified atom stereocenters. The van der Waals surface area contributed by atoms with E-state index in [1.165, 1.54) is 21.4 Å². The van der Waals surface area contributed by atoms with Crippen LogP contribution in [0.25, 0.3) is 21.1 Å². The molecule has 5 rings (SSSR count). The van der Waals surface area contributed by atoms with Crippen molar-refractivity contribution < 1.29 is 9.47 Å². The quantitative estimate of drug-likeness (QED) is 0.293. The molecule has 166 valence electrons. The number of ether oxygens (including phenoxy) is 2. The van der Waals surface area contributed by atoms with Gasteiger partial charge in [0.15, 0.2) is 0 Å². The molecular formula is C26H24N4O2S. The van der Waals surface area contributed by atoms with Gasteiger partial charge in [-0.2, -0.15) is 0 Å². The Morgan fingerprint density at radius 2 is 1.82 bits per heavy atom. The summed E-state index contributed by atoms with van der Waals surface area (Å²) in [5.41, 5.74) is 8.62. The number of aromatic nitrogens is 3. The SMILES string of the molecule is COCCOc1ccc2ncnc(Nc3ccc(Cc4ccc5ncsc5c4)c(C)c3)c2c1. The van der Waals surface area contributed by atoms with E-state index in [-0.39, 0.29) is 0 Å². The lowest BCUT2D eigenvalue weighted by atomic mass is 10.00. The minimum Gasteiger partial charge on any atom is -0.491 e. The van der Waals surface area contributed by atoms with E-state index in [0.717, 1.165) is 40.1 Å². The van der Waals surface area contributed by atoms with Crippen LogP contribution in [0.2, 0.25) is 0 Å². The van der Waals surface area contributed by atoms with Crippen molar-refractivity contribution in [1.82, 2.24) is 15.0 Å². The molecular weight excluding hydrogens is 432 g/mol. The highest BCUT2D eigenvalue weighted by atomic mass is 32.1. The van der Waals surface area contributed by atoms with Gasteiger partial charge in [-0.05, 0) is 72.5 Å². The lowest BCUT2D eigenvalue weighted by molar-refractivity contribution is 0.146. The van der Waals surface area contributed by atoms with E-state index in [2.05, 4.69) is 63.6 Å². The molecule has 0 amide bonds. The Labute approximate surface area is 196 Å². The number of thiazole rings is 1. The van der Waals surface area contributed by atoms with Crippen LogP contribution in [-0.2, 0) is 11.2 Å². The molecule has 2 aromatic heterocycles. The van der Waals surface area contributed by atoms with Gasteiger partial charge in [-0.3, -0.25) is 0 Å². The number of hydrogen-bond acceptors (Lipinski definition) is 7. The standard InChI is InChI=1S/C26H24N4O2S/c1-17-11-20(5-4-19(17)12-18-3-7-24-25(13-18)33-16-29-24)30-26-22-14-21(32-10-9-31-2)6-8-23(22)27-15-28-26/h3-8,11,13-16H,9-10,12H2,1-2H3,(H,27,28,30). The molecule has 0 saturated carbocycles. The number of hydrogen-bond donors (Lipinski definition) is 1. The number of methoxy groups -OCH3 is 1. The molecule has 0 atom stereocenters. The van der Waals surface area contributed by atoms with E-state index in [1.54, 1.807) is 24.8 Å². The van der Waals surface area contributed by atoms with Gasteiger partial charge in [0.1, 0.15) is 24.5 Å². The maximum atomic E-state index is 5.76. The molecule has 0 bridgehead atoms.